The molecule has 0 bridgehead atoms. The van der Waals surface area contributed by atoms with E-state index in [0.29, 0.717) is 29.3 Å². The maximum Gasteiger partial charge on any atom is 0.305 e. The fraction of sp³-hybridized carbons (Fsp3) is 0.368. The van der Waals surface area contributed by atoms with Crippen LogP contribution in [0.15, 0.2) is 24.3 Å². The molecule has 0 fully saturated rings. The summed E-state index contributed by atoms with van der Waals surface area (Å²) < 4.78 is 11.5. The van der Waals surface area contributed by atoms with E-state index in [0.717, 1.165) is 5.69 Å². The van der Waals surface area contributed by atoms with Crippen LogP contribution in [0.1, 0.15) is 37.3 Å². The highest BCUT2D eigenvalue weighted by atomic mass is 35.5. The Kier molecular flexibility index (Phi) is 5.99. The Morgan fingerprint density at radius 2 is 2.18 bits per heavy atom. The molecular weight excluding hydrogens is 386 g/mol. The van der Waals surface area contributed by atoms with Crippen LogP contribution in [-0.4, -0.2) is 40.3 Å². The number of carbonyl (C=O) groups excluding carboxylic acids is 1. The standard InChI is InChI=1S/C19H20ClN3O5/c1-3-15(13-5-4-11(2)21-22-13)28-16-9-17-14(8-12(16)20)23(7-6-19(25)26)18(24)10-27-17/h4-5,8-9,15H,3,6-7,10H2,1-2H3,(H,25,26)/t15-/m0/s1. The number of nitrogens with zero attached hydrogens (tertiary/aromatic N) is 3. The van der Waals surface area contributed by atoms with Crippen molar-refractivity contribution in [3.8, 4) is 11.5 Å². The number of carboxylic acids is 1. The van der Waals surface area contributed by atoms with E-state index in [-0.39, 0.29) is 36.6 Å². The summed E-state index contributed by atoms with van der Waals surface area (Å²) in [7, 11) is 0. The monoisotopic (exact) mass is 405 g/mol. The Morgan fingerprint density at radius 3 is 2.82 bits per heavy atom. The van der Waals surface area contributed by atoms with E-state index in [1.807, 2.05) is 26.0 Å². The van der Waals surface area contributed by atoms with Gasteiger partial charge in [-0.2, -0.15) is 10.2 Å². The number of fused-ring (bicyclic) bond motifs is 1. The molecule has 1 aliphatic heterocycles. The number of anilines is 1. The molecule has 1 N–H and O–H groups in total. The molecule has 0 unspecified atom stereocenters. The van der Waals surface area contributed by atoms with E-state index >= 15 is 0 Å². The molecule has 8 nitrogen and oxygen atoms in total. The number of amides is 1. The Bertz CT molecular complexity index is 888. The van der Waals surface area contributed by atoms with Crippen molar-refractivity contribution in [1.82, 2.24) is 10.2 Å². The molecule has 0 saturated heterocycles. The summed E-state index contributed by atoms with van der Waals surface area (Å²) >= 11 is 6.38. The van der Waals surface area contributed by atoms with E-state index in [1.54, 1.807) is 12.1 Å². The number of hydrogen-bond acceptors (Lipinski definition) is 6. The van der Waals surface area contributed by atoms with Crippen molar-refractivity contribution in [2.75, 3.05) is 18.1 Å². The van der Waals surface area contributed by atoms with E-state index in [9.17, 15) is 9.59 Å². The number of carbonyl (C=O) groups is 2. The molecule has 1 aromatic carbocycles. The second kappa shape index (κ2) is 8.43. The minimum Gasteiger partial charge on any atom is -0.482 e. The maximum atomic E-state index is 12.1. The zero-order valence-electron chi connectivity index (χ0n) is 15.5. The fourth-order valence-electron chi connectivity index (χ4n) is 2.83. The molecule has 2 aromatic rings. The molecule has 3 rings (SSSR count). The molecule has 1 aromatic heterocycles. The number of hydrogen-bond donors (Lipinski definition) is 1. The minimum atomic E-state index is -0.989. The number of halogens is 1. The average molecular weight is 406 g/mol. The quantitative estimate of drug-likeness (QED) is 0.754. The van der Waals surface area contributed by atoms with Gasteiger partial charge in [0, 0.05) is 12.6 Å². The summed E-state index contributed by atoms with van der Waals surface area (Å²) in [6.45, 7) is 3.68. The number of ether oxygens (including phenoxy) is 2. The molecule has 148 valence electrons. The molecule has 1 aliphatic rings. The van der Waals surface area contributed by atoms with Gasteiger partial charge in [0.25, 0.3) is 5.91 Å². The number of benzene rings is 1. The van der Waals surface area contributed by atoms with Crippen molar-refractivity contribution in [3.05, 3.63) is 40.7 Å². The maximum absolute atomic E-state index is 12.1. The van der Waals surface area contributed by atoms with Crippen LogP contribution in [0.2, 0.25) is 5.02 Å². The van der Waals surface area contributed by atoms with Gasteiger partial charge in [-0.1, -0.05) is 18.5 Å². The van der Waals surface area contributed by atoms with Gasteiger partial charge in [-0.25, -0.2) is 0 Å². The second-order valence-electron chi connectivity index (χ2n) is 6.34. The van der Waals surface area contributed by atoms with Gasteiger partial charge in [-0.3, -0.25) is 9.59 Å². The molecular formula is C19H20ClN3O5. The first kappa shape index (κ1) is 19.9. The lowest BCUT2D eigenvalue weighted by Gasteiger charge is -2.30. The van der Waals surface area contributed by atoms with Crippen molar-refractivity contribution in [2.45, 2.75) is 32.8 Å². The van der Waals surface area contributed by atoms with Crippen LogP contribution in [0.4, 0.5) is 5.69 Å². The van der Waals surface area contributed by atoms with Crippen molar-refractivity contribution >= 4 is 29.2 Å². The van der Waals surface area contributed by atoms with E-state index in [4.69, 9.17) is 26.2 Å². The van der Waals surface area contributed by atoms with Crippen molar-refractivity contribution in [2.24, 2.45) is 0 Å². The third kappa shape index (κ3) is 4.33. The van der Waals surface area contributed by atoms with E-state index < -0.39 is 5.97 Å². The second-order valence-corrected chi connectivity index (χ2v) is 6.75. The van der Waals surface area contributed by atoms with Gasteiger partial charge in [0.1, 0.15) is 23.3 Å². The lowest BCUT2D eigenvalue weighted by molar-refractivity contribution is -0.136. The largest absolute Gasteiger partial charge is 0.482 e. The predicted molar refractivity (Wildman–Crippen MR) is 102 cm³/mol. The Labute approximate surface area is 167 Å². The average Bonchev–Trinajstić information content (AvgIpc) is 2.66. The molecule has 1 atom stereocenters. The Hall–Kier alpha value is -2.87. The highest BCUT2D eigenvalue weighted by molar-refractivity contribution is 6.32. The number of aliphatic carboxylic acids is 1. The van der Waals surface area contributed by atoms with Crippen LogP contribution in [-0.2, 0) is 9.59 Å². The summed E-state index contributed by atoms with van der Waals surface area (Å²) in [4.78, 5) is 24.4. The van der Waals surface area contributed by atoms with Crippen LogP contribution in [0.3, 0.4) is 0 Å². The summed E-state index contributed by atoms with van der Waals surface area (Å²) in [5, 5.41) is 17.4. The van der Waals surface area contributed by atoms with Crippen LogP contribution in [0.5, 0.6) is 11.5 Å². The predicted octanol–water partition coefficient (Wildman–Crippen LogP) is 3.17. The molecule has 0 saturated carbocycles. The number of carboxylic acid groups (broad SMARTS) is 1. The third-order valence-electron chi connectivity index (χ3n) is 4.29. The van der Waals surface area contributed by atoms with E-state index in [2.05, 4.69) is 10.2 Å². The number of aryl methyl sites for hydroxylation is 1. The summed E-state index contributed by atoms with van der Waals surface area (Å²) in [5.74, 6) is -0.506. The molecule has 0 radical (unpaired) electrons. The zero-order valence-corrected chi connectivity index (χ0v) is 16.3. The summed E-state index contributed by atoms with van der Waals surface area (Å²) in [5.41, 5.74) is 1.92. The van der Waals surface area contributed by atoms with Crippen LogP contribution >= 0.6 is 11.6 Å². The first-order valence-electron chi connectivity index (χ1n) is 8.84. The number of aromatic nitrogens is 2. The van der Waals surface area contributed by atoms with Gasteiger partial charge < -0.3 is 19.5 Å². The fourth-order valence-corrected chi connectivity index (χ4v) is 3.03. The first-order valence-corrected chi connectivity index (χ1v) is 9.22. The van der Waals surface area contributed by atoms with Crippen molar-refractivity contribution < 1.29 is 24.2 Å². The van der Waals surface area contributed by atoms with Gasteiger partial charge in [0.15, 0.2) is 6.61 Å². The molecule has 9 heteroatoms. The molecule has 0 aliphatic carbocycles. The van der Waals surface area contributed by atoms with Gasteiger partial charge in [0.05, 0.1) is 22.8 Å². The lowest BCUT2D eigenvalue weighted by Crippen LogP contribution is -2.40. The highest BCUT2D eigenvalue weighted by Crippen LogP contribution is 2.41. The SMILES string of the molecule is CC[C@H](Oc1cc2c(cc1Cl)N(CCC(=O)O)C(=O)CO2)c1ccc(C)nn1. The van der Waals surface area contributed by atoms with E-state index in [1.165, 1.54) is 4.90 Å². The van der Waals surface area contributed by atoms with Crippen molar-refractivity contribution in [1.29, 1.82) is 0 Å². The minimum absolute atomic E-state index is 0.0393. The summed E-state index contributed by atoms with van der Waals surface area (Å²) in [6.07, 6.45) is 0.122. The van der Waals surface area contributed by atoms with Crippen molar-refractivity contribution in [3.63, 3.8) is 0 Å². The number of rotatable bonds is 7. The van der Waals surface area contributed by atoms with Crippen LogP contribution < -0.4 is 14.4 Å². The third-order valence-corrected chi connectivity index (χ3v) is 4.59. The normalized spacial score (nSPS) is 14.2. The zero-order chi connectivity index (χ0) is 20.3. The molecule has 1 amide bonds. The van der Waals surface area contributed by atoms with Gasteiger partial charge in [-0.05, 0) is 31.5 Å². The molecule has 0 spiro atoms. The summed E-state index contributed by atoms with van der Waals surface area (Å²) in [6, 6.07) is 6.88. The molecule has 28 heavy (non-hydrogen) atoms. The first-order chi connectivity index (χ1) is 13.4. The van der Waals surface area contributed by atoms with Gasteiger partial charge in [-0.15, -0.1) is 0 Å². The highest BCUT2D eigenvalue weighted by Gasteiger charge is 2.28. The van der Waals surface area contributed by atoms with Crippen LogP contribution in [0, 0.1) is 6.92 Å². The van der Waals surface area contributed by atoms with Gasteiger partial charge >= 0.3 is 5.97 Å². The van der Waals surface area contributed by atoms with Crippen LogP contribution in [0.25, 0.3) is 0 Å². The lowest BCUT2D eigenvalue weighted by atomic mass is 10.1. The Balaban J connectivity index is 1.86. The smallest absolute Gasteiger partial charge is 0.305 e. The topological polar surface area (TPSA) is 102 Å². The van der Waals surface area contributed by atoms with Gasteiger partial charge in [0.2, 0.25) is 0 Å². The molecule has 2 heterocycles. The Morgan fingerprint density at radius 1 is 1.39 bits per heavy atom.